The van der Waals surface area contributed by atoms with Crippen molar-refractivity contribution in [2.75, 3.05) is 20.1 Å². The molecule has 1 N–H and O–H groups in total. The molecule has 0 aliphatic carbocycles. The van der Waals surface area contributed by atoms with Crippen LogP contribution in [0.4, 0.5) is 0 Å². The van der Waals surface area contributed by atoms with E-state index in [2.05, 4.69) is 18.9 Å². The van der Waals surface area contributed by atoms with Gasteiger partial charge in [-0.05, 0) is 37.7 Å². The number of likely N-dealkylation sites (N-methyl/N-ethyl adjacent to an activating group) is 1. The lowest BCUT2D eigenvalue weighted by Crippen LogP contribution is -2.20. The van der Waals surface area contributed by atoms with E-state index in [9.17, 15) is 0 Å². The molecule has 1 rings (SSSR count). The second-order valence-electron chi connectivity index (χ2n) is 3.31. The van der Waals surface area contributed by atoms with Crippen LogP contribution in [0.5, 0.6) is 5.75 Å². The molecule has 0 bridgehead atoms. The lowest BCUT2D eigenvalue weighted by molar-refractivity contribution is 0.357. The molecule has 72 valence electrons. The summed E-state index contributed by atoms with van der Waals surface area (Å²) in [5.41, 5.74) is 1.28. The number of benzene rings is 1. The normalized spacial score (nSPS) is 10.7. The van der Waals surface area contributed by atoms with Crippen LogP contribution in [0.25, 0.3) is 0 Å². The molecular weight excluding hydrogens is 162 g/mol. The van der Waals surface area contributed by atoms with E-state index >= 15 is 0 Å². The van der Waals surface area contributed by atoms with Gasteiger partial charge in [0.15, 0.2) is 0 Å². The minimum Gasteiger partial charge on any atom is -0.508 e. The van der Waals surface area contributed by atoms with Gasteiger partial charge in [-0.25, -0.2) is 0 Å². The van der Waals surface area contributed by atoms with E-state index in [4.69, 9.17) is 5.11 Å². The van der Waals surface area contributed by atoms with Crippen LogP contribution >= 0.6 is 0 Å². The maximum absolute atomic E-state index is 9.07. The molecule has 1 aromatic carbocycles. The molecule has 2 nitrogen and oxygen atoms in total. The molecule has 0 amide bonds. The molecule has 0 radical (unpaired) electrons. The van der Waals surface area contributed by atoms with Crippen molar-refractivity contribution in [3.63, 3.8) is 0 Å². The van der Waals surface area contributed by atoms with Crippen LogP contribution in [0.15, 0.2) is 24.3 Å². The van der Waals surface area contributed by atoms with Crippen LogP contribution in [0.2, 0.25) is 0 Å². The summed E-state index contributed by atoms with van der Waals surface area (Å²) in [4.78, 5) is 2.27. The van der Waals surface area contributed by atoms with Crippen molar-refractivity contribution >= 4 is 0 Å². The van der Waals surface area contributed by atoms with E-state index in [-0.39, 0.29) is 0 Å². The number of phenolic OH excluding ortho intramolecular Hbond substituents is 1. The number of rotatable bonds is 4. The highest BCUT2D eigenvalue weighted by Gasteiger charge is 1.96. The summed E-state index contributed by atoms with van der Waals surface area (Å²) in [6, 6.07) is 7.42. The van der Waals surface area contributed by atoms with Crippen molar-refractivity contribution in [3.8, 4) is 5.75 Å². The minimum atomic E-state index is 0.340. The van der Waals surface area contributed by atoms with Crippen LogP contribution in [-0.4, -0.2) is 30.1 Å². The van der Waals surface area contributed by atoms with Crippen LogP contribution in [-0.2, 0) is 6.42 Å². The van der Waals surface area contributed by atoms with E-state index in [1.807, 2.05) is 12.1 Å². The Hall–Kier alpha value is -1.02. The second-order valence-corrected chi connectivity index (χ2v) is 3.31. The fraction of sp³-hybridized carbons (Fsp3) is 0.455. The van der Waals surface area contributed by atoms with E-state index in [0.717, 1.165) is 19.5 Å². The molecule has 0 heterocycles. The van der Waals surface area contributed by atoms with Gasteiger partial charge in [0.2, 0.25) is 0 Å². The van der Waals surface area contributed by atoms with Gasteiger partial charge >= 0.3 is 0 Å². The summed E-state index contributed by atoms with van der Waals surface area (Å²) in [5, 5.41) is 9.07. The Balaban J connectivity index is 2.41. The summed E-state index contributed by atoms with van der Waals surface area (Å²) < 4.78 is 0. The Morgan fingerprint density at radius 3 is 2.38 bits per heavy atom. The average Bonchev–Trinajstić information content (AvgIpc) is 2.16. The SMILES string of the molecule is CCN(C)CCc1ccc(O)cc1. The van der Waals surface area contributed by atoms with Crippen molar-refractivity contribution < 1.29 is 5.11 Å². The van der Waals surface area contributed by atoms with Crippen molar-refractivity contribution in [1.82, 2.24) is 4.90 Å². The third kappa shape index (κ3) is 3.47. The molecule has 0 saturated carbocycles. The van der Waals surface area contributed by atoms with Gasteiger partial charge in [0.1, 0.15) is 5.75 Å². The minimum absolute atomic E-state index is 0.340. The molecule has 0 saturated heterocycles. The van der Waals surface area contributed by atoms with E-state index < -0.39 is 0 Å². The quantitative estimate of drug-likeness (QED) is 0.763. The lowest BCUT2D eigenvalue weighted by atomic mass is 10.1. The van der Waals surface area contributed by atoms with Gasteiger partial charge in [0.25, 0.3) is 0 Å². The van der Waals surface area contributed by atoms with Gasteiger partial charge in [-0.1, -0.05) is 19.1 Å². The largest absolute Gasteiger partial charge is 0.508 e. The molecule has 0 aromatic heterocycles. The third-order valence-corrected chi connectivity index (χ3v) is 2.26. The molecule has 0 aliphatic heterocycles. The van der Waals surface area contributed by atoms with E-state index in [1.54, 1.807) is 12.1 Å². The summed E-state index contributed by atoms with van der Waals surface area (Å²) in [7, 11) is 2.11. The predicted octanol–water partition coefficient (Wildman–Crippen LogP) is 1.89. The summed E-state index contributed by atoms with van der Waals surface area (Å²) >= 11 is 0. The zero-order chi connectivity index (χ0) is 9.68. The van der Waals surface area contributed by atoms with Gasteiger partial charge in [-0.15, -0.1) is 0 Å². The van der Waals surface area contributed by atoms with E-state index in [1.165, 1.54) is 5.56 Å². The van der Waals surface area contributed by atoms with Gasteiger partial charge in [-0.2, -0.15) is 0 Å². The topological polar surface area (TPSA) is 23.5 Å². The highest BCUT2D eigenvalue weighted by atomic mass is 16.3. The first-order valence-corrected chi connectivity index (χ1v) is 4.69. The van der Waals surface area contributed by atoms with E-state index in [0.29, 0.717) is 5.75 Å². The van der Waals surface area contributed by atoms with Crippen LogP contribution in [0.1, 0.15) is 12.5 Å². The number of hydrogen-bond acceptors (Lipinski definition) is 2. The number of hydrogen-bond donors (Lipinski definition) is 1. The number of nitrogens with zero attached hydrogens (tertiary/aromatic N) is 1. The molecule has 2 heteroatoms. The zero-order valence-electron chi connectivity index (χ0n) is 8.33. The summed E-state index contributed by atoms with van der Waals surface area (Å²) in [6.07, 6.45) is 1.05. The Bertz CT molecular complexity index is 243. The molecule has 0 aliphatic rings. The van der Waals surface area contributed by atoms with Crippen molar-refractivity contribution in [2.45, 2.75) is 13.3 Å². The predicted molar refractivity (Wildman–Crippen MR) is 55.0 cm³/mol. The first-order valence-electron chi connectivity index (χ1n) is 4.69. The fourth-order valence-electron chi connectivity index (χ4n) is 1.14. The average molecular weight is 179 g/mol. The fourth-order valence-corrected chi connectivity index (χ4v) is 1.14. The van der Waals surface area contributed by atoms with Gasteiger partial charge in [0.05, 0.1) is 0 Å². The van der Waals surface area contributed by atoms with Crippen LogP contribution in [0.3, 0.4) is 0 Å². The standard InChI is InChI=1S/C11H17NO/c1-3-12(2)9-8-10-4-6-11(13)7-5-10/h4-7,13H,3,8-9H2,1-2H3. The maximum atomic E-state index is 9.07. The monoisotopic (exact) mass is 179 g/mol. The van der Waals surface area contributed by atoms with Gasteiger partial charge in [-0.3, -0.25) is 0 Å². The molecule has 13 heavy (non-hydrogen) atoms. The molecular formula is C11H17NO. The first kappa shape index (κ1) is 10.1. The highest BCUT2D eigenvalue weighted by molar-refractivity contribution is 5.25. The van der Waals surface area contributed by atoms with Gasteiger partial charge < -0.3 is 10.0 Å². The smallest absolute Gasteiger partial charge is 0.115 e. The molecule has 0 spiro atoms. The first-order chi connectivity index (χ1) is 6.22. The molecule has 0 atom stereocenters. The Kier molecular flexibility index (Phi) is 3.77. The Morgan fingerprint density at radius 2 is 1.85 bits per heavy atom. The van der Waals surface area contributed by atoms with Crippen molar-refractivity contribution in [2.24, 2.45) is 0 Å². The lowest BCUT2D eigenvalue weighted by Gasteiger charge is -2.13. The molecule has 1 aromatic rings. The second kappa shape index (κ2) is 4.87. The Morgan fingerprint density at radius 1 is 1.23 bits per heavy atom. The maximum Gasteiger partial charge on any atom is 0.115 e. The number of aromatic hydroxyl groups is 1. The van der Waals surface area contributed by atoms with Crippen LogP contribution in [0, 0.1) is 0 Å². The van der Waals surface area contributed by atoms with Gasteiger partial charge in [0, 0.05) is 6.54 Å². The summed E-state index contributed by atoms with van der Waals surface area (Å²) in [5.74, 6) is 0.340. The van der Waals surface area contributed by atoms with Crippen molar-refractivity contribution in [3.05, 3.63) is 29.8 Å². The number of phenols is 1. The molecule has 0 unspecified atom stereocenters. The van der Waals surface area contributed by atoms with Crippen LogP contribution < -0.4 is 0 Å². The summed E-state index contributed by atoms with van der Waals surface area (Å²) in [6.45, 7) is 4.30. The third-order valence-electron chi connectivity index (χ3n) is 2.26. The highest BCUT2D eigenvalue weighted by Crippen LogP contribution is 2.09. The molecule has 0 fully saturated rings. The zero-order valence-corrected chi connectivity index (χ0v) is 8.33. The Labute approximate surface area is 79.8 Å². The van der Waals surface area contributed by atoms with Crippen molar-refractivity contribution in [1.29, 1.82) is 0 Å².